The molecule has 1 fully saturated rings. The van der Waals surface area contributed by atoms with E-state index in [9.17, 15) is 15.0 Å². The van der Waals surface area contributed by atoms with E-state index in [0.29, 0.717) is 29.2 Å². The lowest BCUT2D eigenvalue weighted by Gasteiger charge is -2.40. The number of hydrogen-bond acceptors (Lipinski definition) is 8. The molecule has 2 N–H and O–H groups in total. The van der Waals surface area contributed by atoms with Gasteiger partial charge in [0.05, 0.1) is 32.9 Å². The Kier molecular flexibility index (Phi) is 6.56. The standard InChI is InChI=1S/C29H31NO7/c1-4-5-15-36-21-16-22-25(30-17-21)28(33)26(31)23(27(32)35-3)24(18-9-7-6-8-10-18)29(28,37-22)19-11-13-20(34-2)14-12-19/h6-14,16-17,23-24,26,31,33H,4-5,15H2,1-3H3/t23-,24-,26-,28+,29+/m1/s1. The predicted molar refractivity (Wildman–Crippen MR) is 135 cm³/mol. The Morgan fingerprint density at radius 2 is 1.81 bits per heavy atom. The Hall–Kier alpha value is -3.62. The Morgan fingerprint density at radius 3 is 2.46 bits per heavy atom. The molecule has 5 rings (SSSR count). The van der Waals surface area contributed by atoms with E-state index in [2.05, 4.69) is 11.9 Å². The van der Waals surface area contributed by atoms with Crippen LogP contribution in [0.25, 0.3) is 0 Å². The third-order valence-electron chi connectivity index (χ3n) is 7.51. The average Bonchev–Trinajstić information content (AvgIpc) is 3.31. The van der Waals surface area contributed by atoms with E-state index in [0.717, 1.165) is 12.8 Å². The zero-order valence-corrected chi connectivity index (χ0v) is 21.1. The number of pyridine rings is 1. The van der Waals surface area contributed by atoms with E-state index >= 15 is 0 Å². The van der Waals surface area contributed by atoms with Crippen LogP contribution >= 0.6 is 0 Å². The van der Waals surface area contributed by atoms with Crippen LogP contribution in [-0.2, 0) is 20.7 Å². The maximum Gasteiger partial charge on any atom is 0.312 e. The Balaban J connectivity index is 1.75. The number of aliphatic hydroxyl groups excluding tert-OH is 1. The number of fused-ring (bicyclic) bond motifs is 3. The van der Waals surface area contributed by atoms with Crippen molar-refractivity contribution >= 4 is 5.97 Å². The largest absolute Gasteiger partial charge is 0.497 e. The first-order valence-corrected chi connectivity index (χ1v) is 12.4. The van der Waals surface area contributed by atoms with Crippen molar-refractivity contribution in [2.24, 2.45) is 5.92 Å². The first kappa shape index (κ1) is 25.0. The molecule has 0 amide bonds. The molecule has 2 aromatic carbocycles. The van der Waals surface area contributed by atoms with Crippen LogP contribution in [0.3, 0.4) is 0 Å². The molecular weight excluding hydrogens is 474 g/mol. The first-order chi connectivity index (χ1) is 17.9. The molecule has 5 atom stereocenters. The molecule has 194 valence electrons. The van der Waals surface area contributed by atoms with Crippen molar-refractivity contribution in [1.82, 2.24) is 4.98 Å². The number of esters is 1. The summed E-state index contributed by atoms with van der Waals surface area (Å²) in [6.45, 7) is 2.59. The van der Waals surface area contributed by atoms with Gasteiger partial charge in [-0.1, -0.05) is 55.8 Å². The van der Waals surface area contributed by atoms with Gasteiger partial charge in [0.15, 0.2) is 11.2 Å². The average molecular weight is 506 g/mol. The number of unbranched alkanes of at least 4 members (excludes halogenated alkanes) is 1. The monoisotopic (exact) mass is 505 g/mol. The molecule has 37 heavy (non-hydrogen) atoms. The van der Waals surface area contributed by atoms with Gasteiger partial charge in [0.2, 0.25) is 0 Å². The van der Waals surface area contributed by atoms with Gasteiger partial charge < -0.3 is 29.2 Å². The molecule has 1 aliphatic heterocycles. The fourth-order valence-corrected chi connectivity index (χ4v) is 5.79. The van der Waals surface area contributed by atoms with E-state index < -0.39 is 35.1 Å². The molecule has 2 heterocycles. The summed E-state index contributed by atoms with van der Waals surface area (Å²) in [5, 5.41) is 24.3. The van der Waals surface area contributed by atoms with Crippen LogP contribution in [-0.4, -0.2) is 48.1 Å². The van der Waals surface area contributed by atoms with Gasteiger partial charge in [-0.25, -0.2) is 0 Å². The quantitative estimate of drug-likeness (QED) is 0.353. The van der Waals surface area contributed by atoms with Gasteiger partial charge in [0, 0.05) is 12.0 Å². The second-order valence-electron chi connectivity index (χ2n) is 9.43. The molecule has 0 saturated heterocycles. The SMILES string of the molecule is CCCCOc1cnc2c(c1)O[C@@]1(c3ccc(OC)cc3)[C@H](c3ccccc3)[C@@H](C(=O)OC)[C@@H](O)[C@@]21O. The van der Waals surface area contributed by atoms with Crippen LogP contribution in [0.1, 0.15) is 42.5 Å². The van der Waals surface area contributed by atoms with Crippen molar-refractivity contribution in [3.8, 4) is 17.2 Å². The number of nitrogens with zero attached hydrogens (tertiary/aromatic N) is 1. The van der Waals surface area contributed by atoms with E-state index in [-0.39, 0.29) is 11.4 Å². The number of hydrogen-bond donors (Lipinski definition) is 2. The fraction of sp³-hybridized carbons (Fsp3) is 0.379. The highest BCUT2D eigenvalue weighted by Gasteiger charge is 2.78. The minimum absolute atomic E-state index is 0.144. The summed E-state index contributed by atoms with van der Waals surface area (Å²) < 4.78 is 23.0. The summed E-state index contributed by atoms with van der Waals surface area (Å²) >= 11 is 0. The number of benzene rings is 2. The maximum atomic E-state index is 13.2. The summed E-state index contributed by atoms with van der Waals surface area (Å²) in [6, 6.07) is 18.0. The van der Waals surface area contributed by atoms with Gasteiger partial charge in [-0.15, -0.1) is 0 Å². The lowest BCUT2D eigenvalue weighted by molar-refractivity contribution is -0.162. The third kappa shape index (κ3) is 3.66. The van der Waals surface area contributed by atoms with Crippen molar-refractivity contribution in [1.29, 1.82) is 0 Å². The topological polar surface area (TPSA) is 107 Å². The second kappa shape index (κ2) is 9.68. The molecular formula is C29H31NO7. The normalized spacial score (nSPS) is 27.6. The van der Waals surface area contributed by atoms with Crippen molar-refractivity contribution in [3.05, 3.63) is 83.7 Å². The van der Waals surface area contributed by atoms with E-state index in [1.54, 1.807) is 37.4 Å². The molecule has 8 nitrogen and oxygen atoms in total. The number of carbonyl (C=O) groups is 1. The first-order valence-electron chi connectivity index (χ1n) is 12.4. The summed E-state index contributed by atoms with van der Waals surface area (Å²) in [5.41, 5.74) is -2.27. The molecule has 3 aromatic rings. The van der Waals surface area contributed by atoms with Crippen LogP contribution in [0.5, 0.6) is 17.2 Å². The van der Waals surface area contributed by atoms with Crippen LogP contribution in [0.15, 0.2) is 66.9 Å². The van der Waals surface area contributed by atoms with Gasteiger partial charge in [-0.3, -0.25) is 9.78 Å². The van der Waals surface area contributed by atoms with Crippen LogP contribution in [0.4, 0.5) is 0 Å². The lowest BCUT2D eigenvalue weighted by atomic mass is 9.71. The number of aromatic nitrogens is 1. The molecule has 0 radical (unpaired) electrons. The number of ether oxygens (including phenoxy) is 4. The highest BCUT2D eigenvalue weighted by molar-refractivity contribution is 5.77. The molecule has 2 aliphatic rings. The molecule has 0 spiro atoms. The molecule has 8 heteroatoms. The van der Waals surface area contributed by atoms with Gasteiger partial charge in [-0.2, -0.15) is 0 Å². The van der Waals surface area contributed by atoms with E-state index in [1.165, 1.54) is 13.3 Å². The predicted octanol–water partition coefficient (Wildman–Crippen LogP) is 3.69. The highest BCUT2D eigenvalue weighted by atomic mass is 16.5. The zero-order valence-electron chi connectivity index (χ0n) is 21.1. The molecule has 0 unspecified atom stereocenters. The number of carbonyl (C=O) groups excluding carboxylic acids is 1. The van der Waals surface area contributed by atoms with Crippen LogP contribution < -0.4 is 14.2 Å². The molecule has 1 aliphatic carbocycles. The van der Waals surface area contributed by atoms with E-state index in [4.69, 9.17) is 18.9 Å². The van der Waals surface area contributed by atoms with Crippen molar-refractivity contribution < 1.29 is 34.0 Å². The van der Waals surface area contributed by atoms with Gasteiger partial charge in [0.25, 0.3) is 0 Å². The van der Waals surface area contributed by atoms with Crippen molar-refractivity contribution in [2.75, 3.05) is 20.8 Å². The fourth-order valence-electron chi connectivity index (χ4n) is 5.79. The Labute approximate surface area is 215 Å². The van der Waals surface area contributed by atoms with Crippen molar-refractivity contribution in [2.45, 2.75) is 43.0 Å². The van der Waals surface area contributed by atoms with Gasteiger partial charge in [0.1, 0.15) is 29.0 Å². The Morgan fingerprint density at radius 1 is 1.08 bits per heavy atom. The van der Waals surface area contributed by atoms with Gasteiger partial charge in [-0.05, 0) is 29.7 Å². The summed E-state index contributed by atoms with van der Waals surface area (Å²) in [5.74, 6) is -1.19. The molecule has 0 bridgehead atoms. The number of methoxy groups -OCH3 is 2. The van der Waals surface area contributed by atoms with Crippen LogP contribution in [0, 0.1) is 5.92 Å². The smallest absolute Gasteiger partial charge is 0.312 e. The Bertz CT molecular complexity index is 1270. The zero-order chi connectivity index (χ0) is 26.2. The molecule has 1 saturated carbocycles. The molecule has 1 aromatic heterocycles. The van der Waals surface area contributed by atoms with E-state index in [1.807, 2.05) is 30.3 Å². The third-order valence-corrected chi connectivity index (χ3v) is 7.51. The number of rotatable bonds is 8. The van der Waals surface area contributed by atoms with Crippen molar-refractivity contribution in [3.63, 3.8) is 0 Å². The highest BCUT2D eigenvalue weighted by Crippen LogP contribution is 2.68. The second-order valence-corrected chi connectivity index (χ2v) is 9.43. The maximum absolute atomic E-state index is 13.2. The summed E-state index contributed by atoms with van der Waals surface area (Å²) in [6.07, 6.45) is 1.80. The minimum Gasteiger partial charge on any atom is -0.497 e. The van der Waals surface area contributed by atoms with Gasteiger partial charge >= 0.3 is 5.97 Å². The van der Waals surface area contributed by atoms with Crippen LogP contribution in [0.2, 0.25) is 0 Å². The minimum atomic E-state index is -2.07. The summed E-state index contributed by atoms with van der Waals surface area (Å²) in [4.78, 5) is 17.7. The lowest BCUT2D eigenvalue weighted by Crippen LogP contribution is -2.52. The summed E-state index contributed by atoms with van der Waals surface area (Å²) in [7, 11) is 2.83. The number of aliphatic hydroxyl groups is 2.